The Bertz CT molecular complexity index is 518. The molecule has 2 fully saturated rings. The minimum absolute atomic E-state index is 0.0102. The fourth-order valence-electron chi connectivity index (χ4n) is 3.42. The molecule has 0 bridgehead atoms. The maximum Gasteiger partial charge on any atom is 0.255 e. The smallest absolute Gasteiger partial charge is 0.255 e. The Morgan fingerprint density at radius 2 is 1.77 bits per heavy atom. The highest BCUT2D eigenvalue weighted by molar-refractivity contribution is 5.94. The number of nitrogens with zero attached hydrogens (tertiary/aromatic N) is 3. The zero-order chi connectivity index (χ0) is 15.4. The third kappa shape index (κ3) is 3.46. The lowest BCUT2D eigenvalue weighted by Gasteiger charge is -2.35. The molecule has 1 aliphatic heterocycles. The molecule has 3 rings (SSSR count). The van der Waals surface area contributed by atoms with Crippen LogP contribution in [0.2, 0.25) is 0 Å². The molecule has 1 aromatic heterocycles. The molecule has 0 N–H and O–H groups in total. The first kappa shape index (κ1) is 15.0. The number of carbonyl (C=O) groups is 2. The highest BCUT2D eigenvalue weighted by atomic mass is 16.2. The van der Waals surface area contributed by atoms with Crippen molar-refractivity contribution in [2.45, 2.75) is 32.1 Å². The van der Waals surface area contributed by atoms with Crippen LogP contribution in [0.3, 0.4) is 0 Å². The lowest BCUT2D eigenvalue weighted by molar-refractivity contribution is -0.133. The molecule has 0 radical (unpaired) electrons. The number of aromatic nitrogens is 1. The first-order valence-electron chi connectivity index (χ1n) is 8.21. The molecule has 2 amide bonds. The molecule has 1 saturated carbocycles. The van der Waals surface area contributed by atoms with Gasteiger partial charge in [0.2, 0.25) is 5.91 Å². The molecule has 0 unspecified atom stereocenters. The van der Waals surface area contributed by atoms with E-state index in [0.29, 0.717) is 44.1 Å². The molecule has 1 saturated heterocycles. The molecule has 0 atom stereocenters. The summed E-state index contributed by atoms with van der Waals surface area (Å²) in [7, 11) is 0. The van der Waals surface area contributed by atoms with E-state index in [1.807, 2.05) is 9.80 Å². The van der Waals surface area contributed by atoms with Crippen LogP contribution in [0.15, 0.2) is 24.5 Å². The van der Waals surface area contributed by atoms with Crippen molar-refractivity contribution in [3.8, 4) is 0 Å². The molecule has 5 heteroatoms. The maximum absolute atomic E-state index is 12.3. The van der Waals surface area contributed by atoms with E-state index in [-0.39, 0.29) is 11.8 Å². The number of piperazine rings is 1. The van der Waals surface area contributed by atoms with Crippen molar-refractivity contribution in [2.75, 3.05) is 26.2 Å². The van der Waals surface area contributed by atoms with Crippen LogP contribution in [0.25, 0.3) is 0 Å². The monoisotopic (exact) mass is 301 g/mol. The van der Waals surface area contributed by atoms with Crippen LogP contribution in [0.1, 0.15) is 42.5 Å². The predicted molar refractivity (Wildman–Crippen MR) is 83.3 cm³/mol. The fourth-order valence-corrected chi connectivity index (χ4v) is 3.42. The van der Waals surface area contributed by atoms with E-state index < -0.39 is 0 Å². The number of hydrogen-bond acceptors (Lipinski definition) is 3. The van der Waals surface area contributed by atoms with E-state index in [4.69, 9.17) is 0 Å². The second-order valence-corrected chi connectivity index (χ2v) is 6.27. The van der Waals surface area contributed by atoms with Crippen molar-refractivity contribution in [3.05, 3.63) is 30.1 Å². The molecule has 0 aromatic carbocycles. The number of carbonyl (C=O) groups excluding carboxylic acids is 2. The summed E-state index contributed by atoms with van der Waals surface area (Å²) in [6.45, 7) is 2.53. The van der Waals surface area contributed by atoms with Gasteiger partial charge >= 0.3 is 0 Å². The Morgan fingerprint density at radius 1 is 1.09 bits per heavy atom. The van der Waals surface area contributed by atoms with Gasteiger partial charge in [0.05, 0.1) is 5.56 Å². The zero-order valence-corrected chi connectivity index (χ0v) is 12.9. The minimum Gasteiger partial charge on any atom is -0.339 e. The van der Waals surface area contributed by atoms with Crippen LogP contribution in [-0.4, -0.2) is 52.8 Å². The van der Waals surface area contributed by atoms with Gasteiger partial charge in [-0.05, 0) is 30.9 Å². The summed E-state index contributed by atoms with van der Waals surface area (Å²) in [4.78, 5) is 32.4. The second kappa shape index (κ2) is 6.90. The second-order valence-electron chi connectivity index (χ2n) is 6.27. The number of hydrogen-bond donors (Lipinski definition) is 0. The SMILES string of the molecule is O=C(CC1CCCC1)N1CCN(C(=O)c2cccnc2)CC1. The van der Waals surface area contributed by atoms with Crippen molar-refractivity contribution < 1.29 is 9.59 Å². The van der Waals surface area contributed by atoms with Crippen molar-refractivity contribution >= 4 is 11.8 Å². The molecular weight excluding hydrogens is 278 g/mol. The minimum atomic E-state index is 0.0102. The average Bonchev–Trinajstić information content (AvgIpc) is 3.08. The third-order valence-corrected chi connectivity index (χ3v) is 4.77. The average molecular weight is 301 g/mol. The Labute approximate surface area is 131 Å². The van der Waals surface area contributed by atoms with E-state index in [1.165, 1.54) is 25.7 Å². The zero-order valence-electron chi connectivity index (χ0n) is 12.9. The van der Waals surface area contributed by atoms with Crippen molar-refractivity contribution in [1.29, 1.82) is 0 Å². The summed E-state index contributed by atoms with van der Waals surface area (Å²) in [5.74, 6) is 0.860. The molecule has 0 spiro atoms. The first-order chi connectivity index (χ1) is 10.7. The number of pyridine rings is 1. The van der Waals surface area contributed by atoms with Crippen LogP contribution in [0.4, 0.5) is 0 Å². The molecule has 118 valence electrons. The van der Waals surface area contributed by atoms with Gasteiger partial charge in [0.25, 0.3) is 5.91 Å². The van der Waals surface area contributed by atoms with E-state index >= 15 is 0 Å². The van der Waals surface area contributed by atoms with Gasteiger partial charge in [-0.3, -0.25) is 14.6 Å². The Kier molecular flexibility index (Phi) is 4.71. The summed E-state index contributed by atoms with van der Waals surface area (Å²) in [6, 6.07) is 3.56. The van der Waals surface area contributed by atoms with Gasteiger partial charge in [0, 0.05) is 45.0 Å². The Hall–Kier alpha value is -1.91. The molecule has 5 nitrogen and oxygen atoms in total. The lowest BCUT2D eigenvalue weighted by atomic mass is 10.0. The molecule has 22 heavy (non-hydrogen) atoms. The molecule has 2 aliphatic rings. The van der Waals surface area contributed by atoms with Crippen LogP contribution in [0.5, 0.6) is 0 Å². The summed E-state index contributed by atoms with van der Waals surface area (Å²) in [6.07, 6.45) is 8.89. The fraction of sp³-hybridized carbons (Fsp3) is 0.588. The predicted octanol–water partition coefficient (Wildman–Crippen LogP) is 1.95. The quantitative estimate of drug-likeness (QED) is 0.857. The summed E-state index contributed by atoms with van der Waals surface area (Å²) in [5.41, 5.74) is 0.619. The van der Waals surface area contributed by atoms with Gasteiger partial charge in [-0.15, -0.1) is 0 Å². The number of rotatable bonds is 3. The highest BCUT2D eigenvalue weighted by Crippen LogP contribution is 2.28. The van der Waals surface area contributed by atoms with Gasteiger partial charge < -0.3 is 9.80 Å². The van der Waals surface area contributed by atoms with E-state index in [1.54, 1.807) is 24.5 Å². The van der Waals surface area contributed by atoms with E-state index in [0.717, 1.165) is 0 Å². The first-order valence-corrected chi connectivity index (χ1v) is 8.21. The van der Waals surface area contributed by atoms with E-state index in [2.05, 4.69) is 4.98 Å². The van der Waals surface area contributed by atoms with E-state index in [9.17, 15) is 9.59 Å². The topological polar surface area (TPSA) is 53.5 Å². The third-order valence-electron chi connectivity index (χ3n) is 4.77. The summed E-state index contributed by atoms with van der Waals surface area (Å²) < 4.78 is 0. The Morgan fingerprint density at radius 3 is 2.41 bits per heavy atom. The number of amides is 2. The van der Waals surface area contributed by atoms with Crippen LogP contribution >= 0.6 is 0 Å². The van der Waals surface area contributed by atoms with Gasteiger partial charge in [0.15, 0.2) is 0 Å². The van der Waals surface area contributed by atoms with Gasteiger partial charge in [0.1, 0.15) is 0 Å². The maximum atomic E-state index is 12.3. The largest absolute Gasteiger partial charge is 0.339 e. The summed E-state index contributed by atoms with van der Waals surface area (Å²) in [5, 5.41) is 0. The van der Waals surface area contributed by atoms with Gasteiger partial charge in [-0.1, -0.05) is 12.8 Å². The van der Waals surface area contributed by atoms with Gasteiger partial charge in [-0.25, -0.2) is 0 Å². The Balaban J connectivity index is 1.49. The molecule has 2 heterocycles. The molecule has 1 aromatic rings. The molecule has 1 aliphatic carbocycles. The lowest BCUT2D eigenvalue weighted by Crippen LogP contribution is -2.50. The van der Waals surface area contributed by atoms with Crippen molar-refractivity contribution in [3.63, 3.8) is 0 Å². The van der Waals surface area contributed by atoms with Crippen molar-refractivity contribution in [2.24, 2.45) is 5.92 Å². The van der Waals surface area contributed by atoms with Crippen LogP contribution in [0, 0.1) is 5.92 Å². The standard InChI is InChI=1S/C17H23N3O2/c21-16(12-14-4-1-2-5-14)19-8-10-20(11-9-19)17(22)15-6-3-7-18-13-15/h3,6-7,13-14H,1-2,4-5,8-12H2. The van der Waals surface area contributed by atoms with Crippen LogP contribution in [-0.2, 0) is 4.79 Å². The highest BCUT2D eigenvalue weighted by Gasteiger charge is 2.27. The molecular formula is C17H23N3O2. The van der Waals surface area contributed by atoms with Crippen molar-refractivity contribution in [1.82, 2.24) is 14.8 Å². The normalized spacial score (nSPS) is 19.5. The van der Waals surface area contributed by atoms with Gasteiger partial charge in [-0.2, -0.15) is 0 Å². The van der Waals surface area contributed by atoms with Crippen LogP contribution < -0.4 is 0 Å². The summed E-state index contributed by atoms with van der Waals surface area (Å²) >= 11 is 0.